The highest BCUT2D eigenvalue weighted by atomic mass is 15.2. The van der Waals surface area contributed by atoms with E-state index in [4.69, 9.17) is 4.98 Å². The zero-order valence-electron chi connectivity index (χ0n) is 12.6. The van der Waals surface area contributed by atoms with Crippen LogP contribution in [0, 0.1) is 0 Å². The third-order valence-corrected chi connectivity index (χ3v) is 4.85. The Bertz CT molecular complexity index is 435. The van der Waals surface area contributed by atoms with Crippen molar-refractivity contribution in [1.82, 2.24) is 14.5 Å². The van der Waals surface area contributed by atoms with Gasteiger partial charge in [0.25, 0.3) is 0 Å². The van der Waals surface area contributed by atoms with E-state index >= 15 is 0 Å². The molecule has 106 valence electrons. The van der Waals surface area contributed by atoms with Crippen molar-refractivity contribution in [2.75, 3.05) is 6.54 Å². The van der Waals surface area contributed by atoms with Gasteiger partial charge in [-0.3, -0.25) is 4.90 Å². The second-order valence-corrected chi connectivity index (χ2v) is 6.60. The van der Waals surface area contributed by atoms with E-state index in [1.54, 1.807) is 0 Å². The van der Waals surface area contributed by atoms with Crippen molar-refractivity contribution in [2.24, 2.45) is 0 Å². The highest BCUT2D eigenvalue weighted by Gasteiger charge is 2.29. The van der Waals surface area contributed by atoms with E-state index in [1.165, 1.54) is 56.7 Å². The first-order valence-corrected chi connectivity index (χ1v) is 7.99. The minimum Gasteiger partial charge on any atom is -0.334 e. The van der Waals surface area contributed by atoms with Gasteiger partial charge in [0, 0.05) is 24.7 Å². The first-order chi connectivity index (χ1) is 9.16. The van der Waals surface area contributed by atoms with Crippen LogP contribution in [0.25, 0.3) is 0 Å². The smallest absolute Gasteiger partial charge is 0.111 e. The van der Waals surface area contributed by atoms with Gasteiger partial charge in [0.2, 0.25) is 0 Å². The highest BCUT2D eigenvalue weighted by molar-refractivity contribution is 5.14. The molecule has 2 atom stereocenters. The summed E-state index contributed by atoms with van der Waals surface area (Å²) >= 11 is 0. The van der Waals surface area contributed by atoms with Crippen molar-refractivity contribution >= 4 is 0 Å². The molecule has 0 N–H and O–H groups in total. The molecule has 0 spiro atoms. The van der Waals surface area contributed by atoms with Crippen molar-refractivity contribution in [3.63, 3.8) is 0 Å². The van der Waals surface area contributed by atoms with Crippen molar-refractivity contribution < 1.29 is 0 Å². The largest absolute Gasteiger partial charge is 0.334 e. The topological polar surface area (TPSA) is 21.1 Å². The first kappa shape index (κ1) is 13.2. The Morgan fingerprint density at radius 3 is 2.74 bits per heavy atom. The van der Waals surface area contributed by atoms with Gasteiger partial charge in [-0.2, -0.15) is 0 Å². The predicted molar refractivity (Wildman–Crippen MR) is 78.3 cm³/mol. The predicted octanol–water partition coefficient (Wildman–Crippen LogP) is 3.72. The average molecular weight is 261 g/mol. The van der Waals surface area contributed by atoms with Gasteiger partial charge in [0.15, 0.2) is 0 Å². The number of likely N-dealkylation sites (tertiary alicyclic amines) is 1. The van der Waals surface area contributed by atoms with Crippen LogP contribution in [-0.4, -0.2) is 27.0 Å². The number of aromatic nitrogens is 2. The summed E-state index contributed by atoms with van der Waals surface area (Å²) in [7, 11) is 0. The van der Waals surface area contributed by atoms with Crippen LogP contribution in [0.4, 0.5) is 0 Å². The molecule has 1 aromatic heterocycles. The molecule has 3 heteroatoms. The molecule has 2 aliphatic rings. The third-order valence-electron chi connectivity index (χ3n) is 4.85. The molecule has 0 bridgehead atoms. The van der Waals surface area contributed by atoms with E-state index < -0.39 is 0 Å². The van der Waals surface area contributed by atoms with E-state index in [2.05, 4.69) is 36.4 Å². The van der Waals surface area contributed by atoms with E-state index in [1.807, 2.05) is 0 Å². The van der Waals surface area contributed by atoms with Gasteiger partial charge in [-0.1, -0.05) is 13.3 Å². The first-order valence-electron chi connectivity index (χ1n) is 7.99. The van der Waals surface area contributed by atoms with Crippen LogP contribution in [-0.2, 0) is 6.54 Å². The van der Waals surface area contributed by atoms with Crippen molar-refractivity contribution in [3.05, 3.63) is 17.7 Å². The molecule has 1 aromatic rings. The lowest BCUT2D eigenvalue weighted by atomic mass is 9.98. The zero-order chi connectivity index (χ0) is 13.4. The lowest BCUT2D eigenvalue weighted by molar-refractivity contribution is 0.109. The fourth-order valence-corrected chi connectivity index (χ4v) is 3.77. The number of imidazole rings is 1. The van der Waals surface area contributed by atoms with Crippen LogP contribution in [0.2, 0.25) is 0 Å². The molecule has 2 aliphatic heterocycles. The lowest BCUT2D eigenvalue weighted by Crippen LogP contribution is -2.38. The average Bonchev–Trinajstić information content (AvgIpc) is 2.84. The van der Waals surface area contributed by atoms with Gasteiger partial charge < -0.3 is 4.57 Å². The normalized spacial score (nSPS) is 28.6. The Morgan fingerprint density at radius 2 is 2.00 bits per heavy atom. The lowest BCUT2D eigenvalue weighted by Gasteiger charge is -2.37. The summed E-state index contributed by atoms with van der Waals surface area (Å²) in [5, 5.41) is 0. The number of fused-ring (bicyclic) bond motifs is 1. The molecule has 2 unspecified atom stereocenters. The Balaban J connectivity index is 1.88. The monoisotopic (exact) mass is 261 g/mol. The number of hydrogen-bond acceptors (Lipinski definition) is 2. The third kappa shape index (κ3) is 2.45. The van der Waals surface area contributed by atoms with Gasteiger partial charge in [0.05, 0.1) is 11.7 Å². The number of piperidine rings is 1. The van der Waals surface area contributed by atoms with Crippen LogP contribution in [0.1, 0.15) is 76.4 Å². The molecule has 0 aromatic carbocycles. The fraction of sp³-hybridized carbons (Fsp3) is 0.812. The van der Waals surface area contributed by atoms with Crippen LogP contribution >= 0.6 is 0 Å². The van der Waals surface area contributed by atoms with E-state index in [0.29, 0.717) is 18.0 Å². The minimum absolute atomic E-state index is 0.555. The number of hydrogen-bond donors (Lipinski definition) is 0. The summed E-state index contributed by atoms with van der Waals surface area (Å²) in [5.74, 6) is 1.97. The minimum atomic E-state index is 0.555. The maximum atomic E-state index is 5.01. The van der Waals surface area contributed by atoms with Gasteiger partial charge in [-0.25, -0.2) is 4.98 Å². The summed E-state index contributed by atoms with van der Waals surface area (Å²) < 4.78 is 2.41. The molecule has 3 nitrogen and oxygen atoms in total. The van der Waals surface area contributed by atoms with Crippen LogP contribution in [0.15, 0.2) is 6.20 Å². The molecule has 0 saturated carbocycles. The number of aryl methyl sites for hydroxylation is 1. The Labute approximate surface area is 117 Å². The number of rotatable bonds is 2. The molecule has 1 saturated heterocycles. The Morgan fingerprint density at radius 1 is 1.16 bits per heavy atom. The van der Waals surface area contributed by atoms with Crippen molar-refractivity contribution in [1.29, 1.82) is 0 Å². The summed E-state index contributed by atoms with van der Waals surface area (Å²) in [5.41, 5.74) is 1.33. The molecule has 3 rings (SSSR count). The Kier molecular flexibility index (Phi) is 3.66. The van der Waals surface area contributed by atoms with Crippen LogP contribution < -0.4 is 0 Å². The van der Waals surface area contributed by atoms with Gasteiger partial charge in [-0.15, -0.1) is 0 Å². The second kappa shape index (κ2) is 5.28. The zero-order valence-corrected chi connectivity index (χ0v) is 12.6. The summed E-state index contributed by atoms with van der Waals surface area (Å²) in [6.07, 6.45) is 8.93. The molecule has 0 aliphatic carbocycles. The van der Waals surface area contributed by atoms with E-state index in [0.717, 1.165) is 0 Å². The van der Waals surface area contributed by atoms with Crippen LogP contribution in [0.5, 0.6) is 0 Å². The highest BCUT2D eigenvalue weighted by Crippen LogP contribution is 2.34. The van der Waals surface area contributed by atoms with Crippen LogP contribution in [0.3, 0.4) is 0 Å². The molecule has 0 radical (unpaired) electrons. The Hall–Kier alpha value is -0.830. The van der Waals surface area contributed by atoms with Crippen molar-refractivity contribution in [2.45, 2.75) is 77.4 Å². The maximum Gasteiger partial charge on any atom is 0.111 e. The standard InChI is InChI=1S/C16H27N3/c1-12(2)19-10-5-4-8-15(19)14-11-18-9-6-7-13(3)16(18)17-14/h11-13,15H,4-10H2,1-3H3. The van der Waals surface area contributed by atoms with Gasteiger partial charge in [-0.05, 0) is 46.1 Å². The van der Waals surface area contributed by atoms with E-state index in [9.17, 15) is 0 Å². The molecule has 0 amide bonds. The molecular formula is C16H27N3. The van der Waals surface area contributed by atoms with Crippen molar-refractivity contribution in [3.8, 4) is 0 Å². The molecule has 3 heterocycles. The van der Waals surface area contributed by atoms with Gasteiger partial charge >= 0.3 is 0 Å². The molecule has 1 fully saturated rings. The summed E-state index contributed by atoms with van der Waals surface area (Å²) in [6.45, 7) is 9.36. The molecular weight excluding hydrogens is 234 g/mol. The van der Waals surface area contributed by atoms with Gasteiger partial charge in [0.1, 0.15) is 5.82 Å². The quantitative estimate of drug-likeness (QED) is 0.809. The fourth-order valence-electron chi connectivity index (χ4n) is 3.77. The second-order valence-electron chi connectivity index (χ2n) is 6.60. The van der Waals surface area contributed by atoms with E-state index in [-0.39, 0.29) is 0 Å². The summed E-state index contributed by atoms with van der Waals surface area (Å²) in [4.78, 5) is 7.65. The molecule has 19 heavy (non-hydrogen) atoms. The SMILES string of the molecule is CC1CCCn2cc(C3CCCCN3C(C)C)nc21. The maximum absolute atomic E-state index is 5.01. The number of nitrogens with zero attached hydrogens (tertiary/aromatic N) is 3. The summed E-state index contributed by atoms with van der Waals surface area (Å²) in [6, 6.07) is 1.18.